The van der Waals surface area contributed by atoms with Crippen LogP contribution in [0.1, 0.15) is 49.3 Å². The summed E-state index contributed by atoms with van der Waals surface area (Å²) in [5.74, 6) is 0.609. The summed E-state index contributed by atoms with van der Waals surface area (Å²) in [4.78, 5) is 19.1. The van der Waals surface area contributed by atoms with Crippen molar-refractivity contribution in [2.75, 3.05) is 13.2 Å². The second kappa shape index (κ2) is 10.0. The van der Waals surface area contributed by atoms with Crippen molar-refractivity contribution in [3.05, 3.63) is 77.7 Å². The molecule has 1 atom stereocenters. The molecule has 1 N–H and O–H groups in total. The predicted molar refractivity (Wildman–Crippen MR) is 120 cm³/mol. The van der Waals surface area contributed by atoms with E-state index in [0.717, 1.165) is 41.4 Å². The first-order valence-electron chi connectivity index (χ1n) is 11.1. The van der Waals surface area contributed by atoms with Crippen LogP contribution in [0.4, 0.5) is 4.39 Å². The molecule has 162 valence electrons. The topological polar surface area (TPSA) is 53.4 Å². The van der Waals surface area contributed by atoms with Crippen LogP contribution < -0.4 is 0 Å². The first-order chi connectivity index (χ1) is 15.2. The summed E-state index contributed by atoms with van der Waals surface area (Å²) in [5.41, 5.74) is 3.04. The molecule has 2 heterocycles. The number of hydrogen-bond donors (Lipinski definition) is 1. The Bertz CT molecular complexity index is 1010. The molecule has 4 nitrogen and oxygen atoms in total. The number of nitrogens with zero attached hydrogens (tertiary/aromatic N) is 2. The molecule has 1 aliphatic heterocycles. The fourth-order valence-electron chi connectivity index (χ4n) is 4.09. The van der Waals surface area contributed by atoms with Crippen LogP contribution in [0.2, 0.25) is 0 Å². The largest absolute Gasteiger partial charge is 0.396 e. The Hall–Kier alpha value is -2.79. The highest BCUT2D eigenvalue weighted by molar-refractivity contribution is 5.82. The fourth-order valence-corrected chi connectivity index (χ4v) is 4.09. The number of amides is 1. The Morgan fingerprint density at radius 2 is 1.84 bits per heavy atom. The van der Waals surface area contributed by atoms with Gasteiger partial charge in [-0.15, -0.1) is 0 Å². The maximum Gasteiger partial charge on any atom is 0.223 e. The Labute approximate surface area is 182 Å². The van der Waals surface area contributed by atoms with Crippen molar-refractivity contribution in [2.24, 2.45) is 5.92 Å². The van der Waals surface area contributed by atoms with Crippen LogP contribution in [-0.4, -0.2) is 34.0 Å². The van der Waals surface area contributed by atoms with Gasteiger partial charge in [0.1, 0.15) is 5.82 Å². The number of hydrogen-bond acceptors (Lipinski definition) is 3. The fraction of sp³-hybridized carbons (Fsp3) is 0.385. The molecule has 5 heteroatoms. The van der Waals surface area contributed by atoms with Crippen LogP contribution in [0.3, 0.4) is 0 Å². The second-order valence-corrected chi connectivity index (χ2v) is 8.43. The van der Waals surface area contributed by atoms with Gasteiger partial charge in [0.25, 0.3) is 0 Å². The third-order valence-electron chi connectivity index (χ3n) is 6.08. The summed E-state index contributed by atoms with van der Waals surface area (Å²) in [6, 6.07) is 16.5. The molecular formula is C26H29FN2O2. The molecule has 0 radical (unpaired) electrons. The van der Waals surface area contributed by atoms with Crippen LogP contribution >= 0.6 is 0 Å². The number of carbonyl (C=O) groups is 1. The first-order valence-corrected chi connectivity index (χ1v) is 11.1. The highest BCUT2D eigenvalue weighted by Crippen LogP contribution is 2.31. The zero-order valence-corrected chi connectivity index (χ0v) is 17.7. The quantitative estimate of drug-likeness (QED) is 0.628. The van der Waals surface area contributed by atoms with Gasteiger partial charge in [0.15, 0.2) is 0 Å². The van der Waals surface area contributed by atoms with E-state index in [1.807, 2.05) is 29.2 Å². The molecule has 1 amide bonds. The predicted octanol–water partition coefficient (Wildman–Crippen LogP) is 5.06. The lowest BCUT2D eigenvalue weighted by molar-refractivity contribution is -0.136. The van der Waals surface area contributed by atoms with Crippen molar-refractivity contribution in [2.45, 2.75) is 44.6 Å². The van der Waals surface area contributed by atoms with Crippen molar-refractivity contribution in [1.82, 2.24) is 9.88 Å². The molecule has 31 heavy (non-hydrogen) atoms. The van der Waals surface area contributed by atoms with Gasteiger partial charge in [0.05, 0.1) is 11.6 Å². The minimum Gasteiger partial charge on any atom is -0.396 e. The maximum absolute atomic E-state index is 13.4. The highest BCUT2D eigenvalue weighted by Gasteiger charge is 2.28. The van der Waals surface area contributed by atoms with Crippen molar-refractivity contribution in [3.8, 4) is 0 Å². The molecule has 0 bridgehead atoms. The normalized spacial score (nSPS) is 17.2. The molecule has 1 aliphatic carbocycles. The molecule has 1 saturated heterocycles. The van der Waals surface area contributed by atoms with Crippen molar-refractivity contribution in [3.63, 3.8) is 0 Å². The number of aliphatic hydroxyl groups is 1. The van der Waals surface area contributed by atoms with E-state index in [-0.39, 0.29) is 17.8 Å². The van der Waals surface area contributed by atoms with Gasteiger partial charge in [0, 0.05) is 31.2 Å². The molecule has 2 aromatic carbocycles. The highest BCUT2D eigenvalue weighted by atomic mass is 19.1. The Kier molecular flexibility index (Phi) is 6.92. The van der Waals surface area contributed by atoms with Crippen LogP contribution in [-0.2, 0) is 11.2 Å². The number of aromatic nitrogens is 1. The average molecular weight is 421 g/mol. The van der Waals surface area contributed by atoms with E-state index in [4.69, 9.17) is 5.11 Å². The number of pyridine rings is 1. The summed E-state index contributed by atoms with van der Waals surface area (Å²) in [7, 11) is 0. The summed E-state index contributed by atoms with van der Waals surface area (Å²) < 4.78 is 13.4. The molecule has 1 saturated carbocycles. The molecule has 2 aliphatic rings. The van der Waals surface area contributed by atoms with E-state index in [2.05, 4.69) is 11.1 Å². The summed E-state index contributed by atoms with van der Waals surface area (Å²) in [5, 5.41) is 9.30. The van der Waals surface area contributed by atoms with Crippen LogP contribution in [0, 0.1) is 11.7 Å². The van der Waals surface area contributed by atoms with Crippen LogP contribution in [0.15, 0.2) is 60.8 Å². The standard InChI is InChI=1S/C22H21FN2O.C4H8O/c23-19-11-9-16(10-12-19)20(25-14-2-1-8-21(25)26)15-18-6-3-5-17-7-4-13-24-22(17)18;5-3-4-1-2-4/h3-7,9-13,20H,1-2,8,14-15H2;4-5H,1-3H2/t20-;/m0./s1. The zero-order chi connectivity index (χ0) is 21.6. The van der Waals surface area contributed by atoms with Gasteiger partial charge in [-0.05, 0) is 67.3 Å². The molecule has 1 aromatic heterocycles. The number of carbonyl (C=O) groups excluding carboxylic acids is 1. The zero-order valence-electron chi connectivity index (χ0n) is 17.7. The molecule has 0 spiro atoms. The molecule has 2 fully saturated rings. The van der Waals surface area contributed by atoms with E-state index in [1.165, 1.54) is 25.0 Å². The van der Waals surface area contributed by atoms with Gasteiger partial charge in [-0.25, -0.2) is 4.39 Å². The number of likely N-dealkylation sites (tertiary alicyclic amines) is 1. The molecule has 5 rings (SSSR count). The number of benzene rings is 2. The lowest BCUT2D eigenvalue weighted by Crippen LogP contribution is -2.39. The van der Waals surface area contributed by atoms with Crippen molar-refractivity contribution < 1.29 is 14.3 Å². The van der Waals surface area contributed by atoms with E-state index >= 15 is 0 Å². The first kappa shape index (κ1) is 21.4. The van der Waals surface area contributed by atoms with Gasteiger partial charge in [-0.2, -0.15) is 0 Å². The number of piperidine rings is 1. The number of aliphatic hydroxyl groups excluding tert-OH is 1. The van der Waals surface area contributed by atoms with E-state index in [1.54, 1.807) is 18.3 Å². The summed E-state index contributed by atoms with van der Waals surface area (Å²) >= 11 is 0. The van der Waals surface area contributed by atoms with Crippen molar-refractivity contribution >= 4 is 16.8 Å². The number of halogens is 1. The SMILES string of the molecule is O=C1CCCCN1[C@@H](Cc1cccc2cccnc12)c1ccc(F)cc1.OCC1CC1. The Morgan fingerprint density at radius 3 is 2.52 bits per heavy atom. The Morgan fingerprint density at radius 1 is 1.06 bits per heavy atom. The third-order valence-corrected chi connectivity index (χ3v) is 6.08. The third kappa shape index (κ3) is 5.47. The Balaban J connectivity index is 0.000000407. The molecule has 0 unspecified atom stereocenters. The minimum absolute atomic E-state index is 0.101. The van der Waals surface area contributed by atoms with Crippen LogP contribution in [0.25, 0.3) is 10.9 Å². The maximum atomic E-state index is 13.4. The van der Waals surface area contributed by atoms with Crippen molar-refractivity contribution in [1.29, 1.82) is 0 Å². The van der Waals surface area contributed by atoms with E-state index < -0.39 is 0 Å². The molecule has 3 aromatic rings. The lowest BCUT2D eigenvalue weighted by Gasteiger charge is -2.35. The molecular weight excluding hydrogens is 391 g/mol. The summed E-state index contributed by atoms with van der Waals surface area (Å²) in [6.07, 6.45) is 7.54. The van der Waals surface area contributed by atoms with E-state index in [9.17, 15) is 9.18 Å². The summed E-state index contributed by atoms with van der Waals surface area (Å²) in [6.45, 7) is 1.17. The monoisotopic (exact) mass is 420 g/mol. The van der Waals surface area contributed by atoms with Gasteiger partial charge >= 0.3 is 0 Å². The van der Waals surface area contributed by atoms with E-state index in [0.29, 0.717) is 25.4 Å². The number of fused-ring (bicyclic) bond motifs is 1. The van der Waals surface area contributed by atoms with Crippen LogP contribution in [0.5, 0.6) is 0 Å². The number of rotatable bonds is 5. The lowest BCUT2D eigenvalue weighted by atomic mass is 9.94. The average Bonchev–Trinajstić information content (AvgIpc) is 3.64. The van der Waals surface area contributed by atoms with Gasteiger partial charge in [-0.3, -0.25) is 9.78 Å². The smallest absolute Gasteiger partial charge is 0.223 e. The second-order valence-electron chi connectivity index (χ2n) is 8.43. The minimum atomic E-state index is -0.260. The number of para-hydroxylation sites is 1. The van der Waals surface area contributed by atoms with Gasteiger partial charge in [0.2, 0.25) is 5.91 Å². The van der Waals surface area contributed by atoms with Gasteiger partial charge < -0.3 is 10.0 Å². The van der Waals surface area contributed by atoms with Gasteiger partial charge in [-0.1, -0.05) is 36.4 Å².